The Hall–Kier alpha value is -1.21. The van der Waals surface area contributed by atoms with Gasteiger partial charge in [0, 0.05) is 13.1 Å². The molecule has 7 heteroatoms. The summed E-state index contributed by atoms with van der Waals surface area (Å²) in [6.45, 7) is 3.00. The van der Waals surface area contributed by atoms with E-state index in [1.807, 2.05) is 0 Å². The fourth-order valence-electron chi connectivity index (χ4n) is 1.38. The second-order valence-corrected chi connectivity index (χ2v) is 3.43. The van der Waals surface area contributed by atoms with Gasteiger partial charge in [0.15, 0.2) is 0 Å². The quantitative estimate of drug-likeness (QED) is 0.738. The summed E-state index contributed by atoms with van der Waals surface area (Å²) in [4.78, 5) is 13.1. The highest BCUT2D eigenvalue weighted by molar-refractivity contribution is 7.71. The zero-order valence-corrected chi connectivity index (χ0v) is 9.21. The maximum atomic E-state index is 5.25. The van der Waals surface area contributed by atoms with Crippen LogP contribution in [-0.4, -0.2) is 48.4 Å². The van der Waals surface area contributed by atoms with Gasteiger partial charge < -0.3 is 14.4 Å². The van der Waals surface area contributed by atoms with Crippen molar-refractivity contribution in [3.8, 4) is 6.01 Å². The van der Waals surface area contributed by atoms with Crippen molar-refractivity contribution in [3.05, 3.63) is 4.77 Å². The SMILES string of the molecule is COc1nc(=S)nc(N2CCOCC2)[nH]1. The van der Waals surface area contributed by atoms with E-state index in [2.05, 4.69) is 19.9 Å². The first-order chi connectivity index (χ1) is 7.29. The van der Waals surface area contributed by atoms with Gasteiger partial charge in [0.25, 0.3) is 6.01 Å². The molecule has 0 bridgehead atoms. The number of nitrogens with zero attached hydrogens (tertiary/aromatic N) is 3. The summed E-state index contributed by atoms with van der Waals surface area (Å²) < 4.78 is 10.5. The van der Waals surface area contributed by atoms with Crippen molar-refractivity contribution in [2.75, 3.05) is 38.3 Å². The van der Waals surface area contributed by atoms with Crippen LogP contribution in [0.1, 0.15) is 0 Å². The summed E-state index contributed by atoms with van der Waals surface area (Å²) >= 11 is 4.94. The van der Waals surface area contributed by atoms with Crippen LogP contribution in [0, 0.1) is 4.77 Å². The summed E-state index contributed by atoms with van der Waals surface area (Å²) in [6.07, 6.45) is 0. The van der Waals surface area contributed by atoms with Crippen molar-refractivity contribution in [1.82, 2.24) is 15.0 Å². The normalized spacial score (nSPS) is 16.5. The monoisotopic (exact) mass is 228 g/mol. The summed E-state index contributed by atoms with van der Waals surface area (Å²) in [5.41, 5.74) is 0. The lowest BCUT2D eigenvalue weighted by molar-refractivity contribution is 0.122. The van der Waals surface area contributed by atoms with Crippen LogP contribution in [0.4, 0.5) is 5.95 Å². The molecule has 0 spiro atoms. The third-order valence-corrected chi connectivity index (χ3v) is 2.30. The van der Waals surface area contributed by atoms with Gasteiger partial charge in [-0.25, -0.2) is 0 Å². The Kier molecular flexibility index (Phi) is 3.12. The minimum absolute atomic E-state index is 0.284. The van der Waals surface area contributed by atoms with Crippen molar-refractivity contribution in [2.45, 2.75) is 0 Å². The van der Waals surface area contributed by atoms with Gasteiger partial charge in [0.05, 0.1) is 20.3 Å². The first-order valence-electron chi connectivity index (χ1n) is 4.64. The first-order valence-corrected chi connectivity index (χ1v) is 5.05. The number of aromatic amines is 1. The van der Waals surface area contributed by atoms with E-state index in [0.717, 1.165) is 13.1 Å². The van der Waals surface area contributed by atoms with Gasteiger partial charge in [-0.2, -0.15) is 9.97 Å². The highest BCUT2D eigenvalue weighted by Gasteiger charge is 2.13. The Labute approximate surface area is 92.3 Å². The standard InChI is InChI=1S/C8H12N4O2S/c1-13-7-9-6(10-8(15)11-7)12-2-4-14-5-3-12/h2-5H2,1H3,(H,9,10,11,15). The molecule has 0 aliphatic carbocycles. The van der Waals surface area contributed by atoms with Gasteiger partial charge in [0.1, 0.15) is 0 Å². The molecule has 1 aromatic heterocycles. The molecule has 1 N–H and O–H groups in total. The zero-order chi connectivity index (χ0) is 10.7. The number of morpholine rings is 1. The van der Waals surface area contributed by atoms with Crippen LogP contribution in [0.15, 0.2) is 0 Å². The summed E-state index contributed by atoms with van der Waals surface area (Å²) in [6, 6.07) is 0.386. The Bertz CT molecular complexity index is 388. The number of H-pyrrole nitrogens is 1. The van der Waals surface area contributed by atoms with Crippen molar-refractivity contribution >= 4 is 18.2 Å². The molecule has 0 atom stereocenters. The number of methoxy groups -OCH3 is 1. The van der Waals surface area contributed by atoms with Gasteiger partial charge in [0.2, 0.25) is 10.7 Å². The van der Waals surface area contributed by atoms with E-state index in [1.54, 1.807) is 0 Å². The van der Waals surface area contributed by atoms with Crippen molar-refractivity contribution in [1.29, 1.82) is 0 Å². The number of ether oxygens (including phenoxy) is 2. The van der Waals surface area contributed by atoms with E-state index in [-0.39, 0.29) is 4.77 Å². The average Bonchev–Trinajstić information content (AvgIpc) is 2.29. The summed E-state index contributed by atoms with van der Waals surface area (Å²) in [5.74, 6) is 0.690. The first kappa shape index (κ1) is 10.3. The van der Waals surface area contributed by atoms with Crippen LogP contribution in [-0.2, 0) is 4.74 Å². The number of hydrogen-bond acceptors (Lipinski definition) is 6. The maximum absolute atomic E-state index is 5.25. The summed E-state index contributed by atoms with van der Waals surface area (Å²) in [7, 11) is 1.54. The lowest BCUT2D eigenvalue weighted by atomic mass is 10.4. The molecule has 2 rings (SSSR count). The lowest BCUT2D eigenvalue weighted by Gasteiger charge is -2.27. The highest BCUT2D eigenvalue weighted by atomic mass is 32.1. The van der Waals surface area contributed by atoms with Crippen molar-refractivity contribution in [3.63, 3.8) is 0 Å². The fraction of sp³-hybridized carbons (Fsp3) is 0.625. The van der Waals surface area contributed by atoms with Crippen molar-refractivity contribution < 1.29 is 9.47 Å². The van der Waals surface area contributed by atoms with Crippen molar-refractivity contribution in [2.24, 2.45) is 0 Å². The minimum atomic E-state index is 0.284. The molecule has 1 saturated heterocycles. The van der Waals surface area contributed by atoms with E-state index in [4.69, 9.17) is 21.7 Å². The van der Waals surface area contributed by atoms with E-state index in [0.29, 0.717) is 25.2 Å². The molecule has 82 valence electrons. The summed E-state index contributed by atoms with van der Waals surface area (Å²) in [5, 5.41) is 0. The molecule has 0 radical (unpaired) electrons. The molecule has 0 aromatic carbocycles. The minimum Gasteiger partial charge on any atom is -0.468 e. The molecule has 1 aliphatic heterocycles. The number of anilines is 1. The molecule has 6 nitrogen and oxygen atoms in total. The second kappa shape index (κ2) is 4.54. The number of rotatable bonds is 2. The molecular weight excluding hydrogens is 216 g/mol. The van der Waals surface area contributed by atoms with E-state index >= 15 is 0 Å². The third-order valence-electron chi connectivity index (χ3n) is 2.12. The third kappa shape index (κ3) is 2.42. The topological polar surface area (TPSA) is 63.3 Å². The Balaban J connectivity index is 2.26. The Morgan fingerprint density at radius 3 is 2.80 bits per heavy atom. The van der Waals surface area contributed by atoms with Crippen LogP contribution in [0.5, 0.6) is 6.01 Å². The predicted octanol–water partition coefficient (Wildman–Crippen LogP) is 0.379. The largest absolute Gasteiger partial charge is 0.468 e. The zero-order valence-electron chi connectivity index (χ0n) is 8.39. The predicted molar refractivity (Wildman–Crippen MR) is 56.8 cm³/mol. The molecule has 0 saturated carbocycles. The van der Waals surface area contributed by atoms with Crippen LogP contribution in [0.25, 0.3) is 0 Å². The smallest absolute Gasteiger partial charge is 0.298 e. The van der Waals surface area contributed by atoms with E-state index in [1.165, 1.54) is 7.11 Å². The fourth-order valence-corrected chi connectivity index (χ4v) is 1.54. The molecule has 1 fully saturated rings. The number of hydrogen-bond donors (Lipinski definition) is 1. The maximum Gasteiger partial charge on any atom is 0.298 e. The van der Waals surface area contributed by atoms with E-state index < -0.39 is 0 Å². The van der Waals surface area contributed by atoms with Crippen LogP contribution in [0.3, 0.4) is 0 Å². The van der Waals surface area contributed by atoms with Gasteiger partial charge >= 0.3 is 0 Å². The van der Waals surface area contributed by atoms with Gasteiger partial charge in [-0.1, -0.05) is 0 Å². The Morgan fingerprint density at radius 2 is 2.13 bits per heavy atom. The van der Waals surface area contributed by atoms with Gasteiger partial charge in [-0.3, -0.25) is 4.98 Å². The number of aromatic nitrogens is 3. The molecule has 1 aliphatic rings. The molecule has 15 heavy (non-hydrogen) atoms. The Morgan fingerprint density at radius 1 is 1.40 bits per heavy atom. The highest BCUT2D eigenvalue weighted by Crippen LogP contribution is 2.11. The molecular formula is C8H12N4O2S. The molecule has 0 unspecified atom stereocenters. The van der Waals surface area contributed by atoms with E-state index in [9.17, 15) is 0 Å². The van der Waals surface area contributed by atoms with Crippen LogP contribution < -0.4 is 9.64 Å². The van der Waals surface area contributed by atoms with Gasteiger partial charge in [-0.05, 0) is 12.2 Å². The van der Waals surface area contributed by atoms with Crippen LogP contribution in [0.2, 0.25) is 0 Å². The van der Waals surface area contributed by atoms with Gasteiger partial charge in [-0.15, -0.1) is 0 Å². The van der Waals surface area contributed by atoms with Crippen LogP contribution >= 0.6 is 12.2 Å². The lowest BCUT2D eigenvalue weighted by Crippen LogP contribution is -2.37. The second-order valence-electron chi connectivity index (χ2n) is 3.06. The number of nitrogens with one attached hydrogen (secondary N) is 1. The molecule has 0 amide bonds. The average molecular weight is 228 g/mol. The molecule has 1 aromatic rings. The molecule has 2 heterocycles.